The van der Waals surface area contributed by atoms with Gasteiger partial charge in [-0.2, -0.15) is 0 Å². The van der Waals surface area contributed by atoms with Gasteiger partial charge in [-0.15, -0.1) is 0 Å². The number of methoxy groups -OCH3 is 1. The number of carbonyl (C=O) groups excluding carboxylic acids is 1. The van der Waals surface area contributed by atoms with Crippen molar-refractivity contribution in [2.75, 3.05) is 23.3 Å². The van der Waals surface area contributed by atoms with Crippen molar-refractivity contribution in [3.8, 4) is 5.75 Å². The molecule has 0 unspecified atom stereocenters. The summed E-state index contributed by atoms with van der Waals surface area (Å²) in [6.07, 6.45) is 3.00. The second-order valence-electron chi connectivity index (χ2n) is 5.95. The number of rotatable bonds is 7. The summed E-state index contributed by atoms with van der Waals surface area (Å²) in [6, 6.07) is 13.9. The van der Waals surface area contributed by atoms with Crippen LogP contribution < -0.4 is 14.4 Å². The second-order valence-corrected chi connectivity index (χ2v) is 7.82. The number of hydrogen-bond acceptors (Lipinski definition) is 5. The molecule has 1 aromatic heterocycles. The standard InChI is InChI=1S/C20H18FN3O4S/c1-28-18-8-6-17(7-9-18)24(14-20(25)23-16-3-2-12-22-13-16)29(26,27)19-10-4-15(21)5-11-19/h2-13H,14H2,1H3,(H,23,25). The maximum absolute atomic E-state index is 13.2. The highest BCUT2D eigenvalue weighted by atomic mass is 32.2. The van der Waals surface area contributed by atoms with E-state index in [1.54, 1.807) is 30.5 Å². The number of amides is 1. The molecule has 1 N–H and O–H groups in total. The zero-order valence-corrected chi connectivity index (χ0v) is 16.3. The fourth-order valence-electron chi connectivity index (χ4n) is 2.56. The van der Waals surface area contributed by atoms with Crippen molar-refractivity contribution >= 4 is 27.3 Å². The molecule has 0 aliphatic carbocycles. The molecule has 1 amide bonds. The molecular formula is C20H18FN3O4S. The number of hydrogen-bond donors (Lipinski definition) is 1. The maximum Gasteiger partial charge on any atom is 0.264 e. The summed E-state index contributed by atoms with van der Waals surface area (Å²) in [7, 11) is -2.64. The lowest BCUT2D eigenvalue weighted by atomic mass is 10.3. The van der Waals surface area contributed by atoms with Crippen LogP contribution in [-0.4, -0.2) is 33.0 Å². The summed E-state index contributed by atoms with van der Waals surface area (Å²) in [5, 5.41) is 2.61. The molecule has 29 heavy (non-hydrogen) atoms. The Balaban J connectivity index is 1.94. The van der Waals surface area contributed by atoms with Crippen molar-refractivity contribution < 1.29 is 22.3 Å². The lowest BCUT2D eigenvalue weighted by Crippen LogP contribution is -2.38. The number of pyridine rings is 1. The molecule has 7 nitrogen and oxygen atoms in total. The van der Waals surface area contributed by atoms with Gasteiger partial charge in [-0.25, -0.2) is 12.8 Å². The van der Waals surface area contributed by atoms with Crippen LogP contribution >= 0.6 is 0 Å². The van der Waals surface area contributed by atoms with E-state index in [0.29, 0.717) is 11.4 Å². The van der Waals surface area contributed by atoms with E-state index in [0.717, 1.165) is 28.6 Å². The molecule has 0 aliphatic heterocycles. The molecule has 2 aromatic carbocycles. The highest BCUT2D eigenvalue weighted by molar-refractivity contribution is 7.92. The Morgan fingerprint density at radius 1 is 1.10 bits per heavy atom. The predicted octanol–water partition coefficient (Wildman–Crippen LogP) is 3.06. The van der Waals surface area contributed by atoms with Crippen molar-refractivity contribution in [3.63, 3.8) is 0 Å². The molecule has 0 aliphatic rings. The fourth-order valence-corrected chi connectivity index (χ4v) is 3.99. The third-order valence-corrected chi connectivity index (χ3v) is 5.78. The molecule has 3 aromatic rings. The minimum atomic E-state index is -4.13. The molecule has 0 atom stereocenters. The van der Waals surface area contributed by atoms with Gasteiger partial charge in [-0.1, -0.05) is 0 Å². The molecule has 0 bridgehead atoms. The number of benzene rings is 2. The van der Waals surface area contributed by atoms with E-state index in [2.05, 4.69) is 10.3 Å². The Morgan fingerprint density at radius 2 is 1.79 bits per heavy atom. The summed E-state index contributed by atoms with van der Waals surface area (Å²) < 4.78 is 45.6. The van der Waals surface area contributed by atoms with E-state index < -0.39 is 28.3 Å². The molecule has 1 heterocycles. The van der Waals surface area contributed by atoms with E-state index in [9.17, 15) is 17.6 Å². The number of anilines is 2. The van der Waals surface area contributed by atoms with E-state index in [1.807, 2.05) is 0 Å². The lowest BCUT2D eigenvalue weighted by Gasteiger charge is -2.24. The Labute approximate surface area is 167 Å². The molecule has 9 heteroatoms. The van der Waals surface area contributed by atoms with Gasteiger partial charge in [0.2, 0.25) is 5.91 Å². The predicted molar refractivity (Wildman–Crippen MR) is 107 cm³/mol. The first kappa shape index (κ1) is 20.3. The van der Waals surface area contributed by atoms with Gasteiger partial charge in [0.25, 0.3) is 10.0 Å². The molecule has 0 saturated carbocycles. The van der Waals surface area contributed by atoms with Gasteiger partial charge in [0.15, 0.2) is 0 Å². The van der Waals surface area contributed by atoms with E-state index >= 15 is 0 Å². The van der Waals surface area contributed by atoms with Gasteiger partial charge < -0.3 is 10.1 Å². The first-order valence-corrected chi connectivity index (χ1v) is 9.96. The van der Waals surface area contributed by atoms with Crippen LogP contribution in [0.3, 0.4) is 0 Å². The van der Waals surface area contributed by atoms with Crippen molar-refractivity contribution in [2.45, 2.75) is 4.90 Å². The van der Waals surface area contributed by atoms with Gasteiger partial charge >= 0.3 is 0 Å². The molecule has 0 radical (unpaired) electrons. The second kappa shape index (κ2) is 8.70. The Morgan fingerprint density at radius 3 is 2.38 bits per heavy atom. The van der Waals surface area contributed by atoms with E-state index in [4.69, 9.17) is 4.74 Å². The zero-order chi connectivity index (χ0) is 20.9. The van der Waals surface area contributed by atoms with Crippen LogP contribution in [0.5, 0.6) is 5.75 Å². The number of sulfonamides is 1. The Bertz CT molecular complexity index is 1070. The minimum Gasteiger partial charge on any atom is -0.497 e. The highest BCUT2D eigenvalue weighted by Gasteiger charge is 2.27. The van der Waals surface area contributed by atoms with E-state index in [-0.39, 0.29) is 10.6 Å². The number of carbonyl (C=O) groups is 1. The quantitative estimate of drug-likeness (QED) is 0.641. The maximum atomic E-state index is 13.2. The summed E-state index contributed by atoms with van der Waals surface area (Å²) in [5.74, 6) is -0.582. The average molecular weight is 415 g/mol. The summed E-state index contributed by atoms with van der Waals surface area (Å²) in [5.41, 5.74) is 0.697. The molecule has 0 spiro atoms. The lowest BCUT2D eigenvalue weighted by molar-refractivity contribution is -0.114. The van der Waals surface area contributed by atoms with Crippen LogP contribution in [0.25, 0.3) is 0 Å². The SMILES string of the molecule is COc1ccc(N(CC(=O)Nc2cccnc2)S(=O)(=O)c2ccc(F)cc2)cc1. The molecular weight excluding hydrogens is 397 g/mol. The molecule has 3 rings (SSSR count). The summed E-state index contributed by atoms with van der Waals surface area (Å²) in [6.45, 7) is -0.485. The number of aromatic nitrogens is 1. The van der Waals surface area contributed by atoms with Crippen molar-refractivity contribution in [1.29, 1.82) is 0 Å². The Hall–Kier alpha value is -3.46. The first-order chi connectivity index (χ1) is 13.9. The Kier molecular flexibility index (Phi) is 6.08. The van der Waals surface area contributed by atoms with Crippen LogP contribution in [0.15, 0.2) is 78.0 Å². The highest BCUT2D eigenvalue weighted by Crippen LogP contribution is 2.26. The normalized spacial score (nSPS) is 11.0. The number of nitrogens with one attached hydrogen (secondary N) is 1. The van der Waals surface area contributed by atoms with Gasteiger partial charge in [-0.3, -0.25) is 14.1 Å². The largest absolute Gasteiger partial charge is 0.497 e. The number of nitrogens with zero attached hydrogens (tertiary/aromatic N) is 2. The third kappa shape index (κ3) is 4.88. The minimum absolute atomic E-state index is 0.135. The van der Waals surface area contributed by atoms with Gasteiger partial charge in [0, 0.05) is 6.20 Å². The van der Waals surface area contributed by atoms with E-state index in [1.165, 1.54) is 25.4 Å². The third-order valence-electron chi connectivity index (χ3n) is 3.99. The van der Waals surface area contributed by atoms with Crippen LogP contribution in [-0.2, 0) is 14.8 Å². The van der Waals surface area contributed by atoms with Gasteiger partial charge in [-0.05, 0) is 60.7 Å². The smallest absolute Gasteiger partial charge is 0.264 e. The molecule has 0 fully saturated rings. The number of halogens is 1. The summed E-state index contributed by atoms with van der Waals surface area (Å²) in [4.78, 5) is 16.3. The van der Waals surface area contributed by atoms with Crippen molar-refractivity contribution in [2.24, 2.45) is 0 Å². The van der Waals surface area contributed by atoms with Crippen LogP contribution in [0.4, 0.5) is 15.8 Å². The average Bonchev–Trinajstić information content (AvgIpc) is 2.73. The van der Waals surface area contributed by atoms with Gasteiger partial charge in [0.05, 0.1) is 29.6 Å². The van der Waals surface area contributed by atoms with Crippen molar-refractivity contribution in [1.82, 2.24) is 4.98 Å². The van der Waals surface area contributed by atoms with Crippen LogP contribution in [0.1, 0.15) is 0 Å². The van der Waals surface area contributed by atoms with Crippen LogP contribution in [0, 0.1) is 5.82 Å². The number of ether oxygens (including phenoxy) is 1. The first-order valence-electron chi connectivity index (χ1n) is 8.52. The summed E-state index contributed by atoms with van der Waals surface area (Å²) >= 11 is 0. The van der Waals surface area contributed by atoms with Crippen molar-refractivity contribution in [3.05, 3.63) is 78.9 Å². The fraction of sp³-hybridized carbons (Fsp3) is 0.100. The van der Waals surface area contributed by atoms with Crippen LogP contribution in [0.2, 0.25) is 0 Å². The molecule has 0 saturated heterocycles. The molecule has 150 valence electrons. The monoisotopic (exact) mass is 415 g/mol. The van der Waals surface area contributed by atoms with Gasteiger partial charge in [0.1, 0.15) is 18.1 Å². The topological polar surface area (TPSA) is 88.6 Å². The zero-order valence-electron chi connectivity index (χ0n) is 15.4.